The summed E-state index contributed by atoms with van der Waals surface area (Å²) in [6, 6.07) is 7.07. The molecule has 0 aliphatic heterocycles. The molecule has 0 saturated carbocycles. The van der Waals surface area contributed by atoms with Gasteiger partial charge in [-0.15, -0.1) is 11.3 Å². The topological polar surface area (TPSA) is 91.9 Å². The number of phenolic OH excluding ortho intramolecular Hbond substituents is 1. The Labute approximate surface area is 143 Å². The van der Waals surface area contributed by atoms with Crippen LogP contribution in [-0.4, -0.2) is 31.0 Å². The summed E-state index contributed by atoms with van der Waals surface area (Å²) >= 11 is 1.09. The molecular formula is C17H16N2O4S. The summed E-state index contributed by atoms with van der Waals surface area (Å²) in [4.78, 5) is 16.5. The number of esters is 1. The van der Waals surface area contributed by atoms with Crippen LogP contribution in [0.15, 0.2) is 23.2 Å². The Morgan fingerprint density at radius 1 is 1.50 bits per heavy atom. The third kappa shape index (κ3) is 3.39. The van der Waals surface area contributed by atoms with Crippen molar-refractivity contribution >= 4 is 28.5 Å². The molecule has 0 spiro atoms. The number of aromatic hydroxyl groups is 1. The molecule has 0 unspecified atom stereocenters. The Morgan fingerprint density at radius 3 is 2.88 bits per heavy atom. The maximum absolute atomic E-state index is 11.9. The van der Waals surface area contributed by atoms with E-state index in [4.69, 9.17) is 9.47 Å². The molecule has 0 radical (unpaired) electrons. The number of hydrogen-bond acceptors (Lipinski definition) is 7. The standard InChI is InChI=1S/C17H16N2O4S/c1-4-23-17(21)15-10(2)12(8-18)16(24-15)19-9-11-6-5-7-13(22-3)14(11)20/h5-7,9,20H,4H2,1-3H3/b19-9+. The van der Waals surface area contributed by atoms with Gasteiger partial charge in [-0.3, -0.25) is 0 Å². The van der Waals surface area contributed by atoms with Gasteiger partial charge in [0.25, 0.3) is 0 Å². The number of ether oxygens (including phenoxy) is 2. The summed E-state index contributed by atoms with van der Waals surface area (Å²) in [5.74, 6) is -0.183. The molecule has 2 rings (SSSR count). The number of carbonyl (C=O) groups is 1. The average Bonchev–Trinajstić information content (AvgIpc) is 2.90. The van der Waals surface area contributed by atoms with Gasteiger partial charge in [0.1, 0.15) is 15.9 Å². The average molecular weight is 344 g/mol. The number of thiophene rings is 1. The van der Waals surface area contributed by atoms with Gasteiger partial charge >= 0.3 is 5.97 Å². The minimum absolute atomic E-state index is 0.0406. The van der Waals surface area contributed by atoms with Crippen molar-refractivity contribution in [1.29, 1.82) is 5.26 Å². The molecule has 7 heteroatoms. The summed E-state index contributed by atoms with van der Waals surface area (Å²) in [5, 5.41) is 19.8. The molecule has 1 N–H and O–H groups in total. The quantitative estimate of drug-likeness (QED) is 0.661. The minimum atomic E-state index is -0.470. The second-order valence-corrected chi connectivity index (χ2v) is 5.72. The number of nitriles is 1. The number of nitrogens with zero attached hydrogens (tertiary/aromatic N) is 2. The van der Waals surface area contributed by atoms with Crippen LogP contribution >= 0.6 is 11.3 Å². The Hall–Kier alpha value is -2.85. The zero-order chi connectivity index (χ0) is 17.7. The summed E-state index contributed by atoms with van der Waals surface area (Å²) < 4.78 is 10.0. The number of phenols is 1. The van der Waals surface area contributed by atoms with Gasteiger partial charge in [-0.25, -0.2) is 9.79 Å². The lowest BCUT2D eigenvalue weighted by Gasteiger charge is -2.04. The van der Waals surface area contributed by atoms with E-state index in [1.165, 1.54) is 13.3 Å². The molecule has 2 aromatic rings. The first-order valence-corrected chi connectivity index (χ1v) is 7.95. The zero-order valence-corrected chi connectivity index (χ0v) is 14.3. The first-order valence-electron chi connectivity index (χ1n) is 7.14. The number of benzene rings is 1. The Bertz CT molecular complexity index is 834. The van der Waals surface area contributed by atoms with E-state index in [-0.39, 0.29) is 12.4 Å². The van der Waals surface area contributed by atoms with Crippen LogP contribution in [0.2, 0.25) is 0 Å². The van der Waals surface area contributed by atoms with Gasteiger partial charge < -0.3 is 14.6 Å². The van der Waals surface area contributed by atoms with Crippen molar-refractivity contribution in [3.05, 3.63) is 39.8 Å². The second-order valence-electron chi connectivity index (χ2n) is 4.72. The number of methoxy groups -OCH3 is 1. The van der Waals surface area contributed by atoms with Gasteiger partial charge in [0.15, 0.2) is 11.5 Å². The van der Waals surface area contributed by atoms with E-state index >= 15 is 0 Å². The van der Waals surface area contributed by atoms with E-state index in [0.717, 1.165) is 11.3 Å². The Kier molecular flexibility index (Phi) is 5.55. The lowest BCUT2D eigenvalue weighted by molar-refractivity contribution is 0.0531. The van der Waals surface area contributed by atoms with Gasteiger partial charge in [0, 0.05) is 11.8 Å². The third-order valence-electron chi connectivity index (χ3n) is 3.27. The molecule has 6 nitrogen and oxygen atoms in total. The lowest BCUT2D eigenvalue weighted by Crippen LogP contribution is -2.03. The highest BCUT2D eigenvalue weighted by Crippen LogP contribution is 2.36. The maximum atomic E-state index is 11.9. The number of hydrogen-bond donors (Lipinski definition) is 1. The fraction of sp³-hybridized carbons (Fsp3) is 0.235. The minimum Gasteiger partial charge on any atom is -0.504 e. The molecule has 0 aliphatic carbocycles. The van der Waals surface area contributed by atoms with Crippen molar-refractivity contribution < 1.29 is 19.4 Å². The second kappa shape index (κ2) is 7.62. The fourth-order valence-corrected chi connectivity index (χ4v) is 3.05. The highest BCUT2D eigenvalue weighted by atomic mass is 32.1. The molecule has 0 atom stereocenters. The summed E-state index contributed by atoms with van der Waals surface area (Å²) in [5.41, 5.74) is 1.31. The molecule has 0 amide bonds. The molecule has 0 bridgehead atoms. The first-order chi connectivity index (χ1) is 11.5. The Morgan fingerprint density at radius 2 is 2.25 bits per heavy atom. The van der Waals surface area contributed by atoms with Crippen LogP contribution in [0.5, 0.6) is 11.5 Å². The van der Waals surface area contributed by atoms with E-state index in [2.05, 4.69) is 11.1 Å². The van der Waals surface area contributed by atoms with Crippen LogP contribution < -0.4 is 4.74 Å². The fourth-order valence-electron chi connectivity index (χ4n) is 2.05. The lowest BCUT2D eigenvalue weighted by atomic mass is 10.1. The predicted molar refractivity (Wildman–Crippen MR) is 91.6 cm³/mol. The molecule has 124 valence electrons. The van der Waals surface area contributed by atoms with E-state index in [1.54, 1.807) is 32.0 Å². The van der Waals surface area contributed by atoms with Crippen LogP contribution in [-0.2, 0) is 4.74 Å². The van der Waals surface area contributed by atoms with Crippen LogP contribution in [0, 0.1) is 18.3 Å². The van der Waals surface area contributed by atoms with Crippen molar-refractivity contribution in [2.45, 2.75) is 13.8 Å². The third-order valence-corrected chi connectivity index (χ3v) is 4.45. The van der Waals surface area contributed by atoms with Gasteiger partial charge in [0.05, 0.1) is 19.3 Å². The molecule has 0 fully saturated rings. The largest absolute Gasteiger partial charge is 0.504 e. The van der Waals surface area contributed by atoms with Crippen molar-refractivity contribution in [2.24, 2.45) is 4.99 Å². The van der Waals surface area contributed by atoms with E-state index in [1.807, 2.05) is 0 Å². The predicted octanol–water partition coefficient (Wildman–Crippen LogP) is 3.57. The van der Waals surface area contributed by atoms with Crippen molar-refractivity contribution in [2.75, 3.05) is 13.7 Å². The SMILES string of the molecule is CCOC(=O)c1sc(/N=C/c2cccc(OC)c2O)c(C#N)c1C. The molecule has 0 aliphatic rings. The van der Waals surface area contributed by atoms with Crippen LogP contribution in [0.3, 0.4) is 0 Å². The number of rotatable bonds is 5. The molecule has 1 aromatic carbocycles. The molecule has 0 saturated heterocycles. The molecule has 1 aromatic heterocycles. The Balaban J connectivity index is 2.42. The zero-order valence-electron chi connectivity index (χ0n) is 13.5. The van der Waals surface area contributed by atoms with Crippen LogP contribution in [0.25, 0.3) is 0 Å². The first kappa shape index (κ1) is 17.5. The van der Waals surface area contributed by atoms with Crippen LogP contribution in [0.4, 0.5) is 5.00 Å². The van der Waals surface area contributed by atoms with Gasteiger partial charge in [-0.2, -0.15) is 5.26 Å². The van der Waals surface area contributed by atoms with E-state index in [9.17, 15) is 15.2 Å². The summed E-state index contributed by atoms with van der Waals surface area (Å²) in [6.45, 7) is 3.66. The highest BCUT2D eigenvalue weighted by Gasteiger charge is 2.20. The molecule has 1 heterocycles. The number of para-hydroxylation sites is 1. The monoisotopic (exact) mass is 344 g/mol. The van der Waals surface area contributed by atoms with E-state index < -0.39 is 5.97 Å². The van der Waals surface area contributed by atoms with Gasteiger partial charge in [-0.1, -0.05) is 6.07 Å². The van der Waals surface area contributed by atoms with Gasteiger partial charge in [0.2, 0.25) is 0 Å². The van der Waals surface area contributed by atoms with Crippen LogP contribution in [0.1, 0.15) is 33.3 Å². The van der Waals surface area contributed by atoms with Crippen molar-refractivity contribution in [3.63, 3.8) is 0 Å². The van der Waals surface area contributed by atoms with Gasteiger partial charge in [-0.05, 0) is 31.5 Å². The molecule has 24 heavy (non-hydrogen) atoms. The summed E-state index contributed by atoms with van der Waals surface area (Å²) in [7, 11) is 1.46. The van der Waals surface area contributed by atoms with Crippen molar-refractivity contribution in [3.8, 4) is 17.6 Å². The normalized spacial score (nSPS) is 10.6. The smallest absolute Gasteiger partial charge is 0.348 e. The maximum Gasteiger partial charge on any atom is 0.348 e. The number of aliphatic imine (C=N–C) groups is 1. The number of carbonyl (C=O) groups excluding carboxylic acids is 1. The molecular weight excluding hydrogens is 328 g/mol. The van der Waals surface area contributed by atoms with Crippen molar-refractivity contribution in [1.82, 2.24) is 0 Å². The highest BCUT2D eigenvalue weighted by molar-refractivity contribution is 7.18. The van der Waals surface area contributed by atoms with E-state index in [0.29, 0.717) is 32.3 Å². The summed E-state index contributed by atoms with van der Waals surface area (Å²) in [6.07, 6.45) is 1.43.